The van der Waals surface area contributed by atoms with E-state index in [0.29, 0.717) is 0 Å². The summed E-state index contributed by atoms with van der Waals surface area (Å²) in [7, 11) is 0. The van der Waals surface area contributed by atoms with Crippen molar-refractivity contribution in [3.63, 3.8) is 0 Å². The maximum atomic E-state index is 6.06. The van der Waals surface area contributed by atoms with Crippen LogP contribution in [0.1, 0.15) is 26.2 Å². The first-order valence-corrected chi connectivity index (χ1v) is 4.48. The molecule has 1 aliphatic rings. The number of likely N-dealkylation sites (tertiary alicyclic amines) is 1. The molecule has 0 aromatic rings. The van der Waals surface area contributed by atoms with E-state index in [9.17, 15) is 0 Å². The van der Waals surface area contributed by atoms with Gasteiger partial charge in [0.15, 0.2) is 5.96 Å². The van der Waals surface area contributed by atoms with E-state index in [4.69, 9.17) is 5.41 Å². The molecule has 12 heavy (non-hydrogen) atoms. The molecule has 4 heteroatoms. The van der Waals surface area contributed by atoms with Gasteiger partial charge in [-0.05, 0) is 32.5 Å². The Balaban J connectivity index is 0.000000261. The van der Waals surface area contributed by atoms with Crippen LogP contribution in [0, 0.1) is 5.41 Å². The third-order valence-corrected chi connectivity index (χ3v) is 1.90. The van der Waals surface area contributed by atoms with Crippen molar-refractivity contribution in [2.75, 3.05) is 19.6 Å². The summed E-state index contributed by atoms with van der Waals surface area (Å²) in [6.45, 7) is 6.18. The number of nitrogens with one attached hydrogen (secondary N) is 1. The molecule has 5 N–H and O–H groups in total. The van der Waals surface area contributed by atoms with Crippen LogP contribution < -0.4 is 11.5 Å². The number of hydrogen-bond acceptors (Lipinski definition) is 2. The lowest BCUT2D eigenvalue weighted by atomic mass is 10.1. The second kappa shape index (κ2) is 6.91. The molecular formula is C8H20N4. The summed E-state index contributed by atoms with van der Waals surface area (Å²) in [5, 5.41) is 6.06. The molecule has 0 amide bonds. The molecule has 72 valence electrons. The number of nitrogens with two attached hydrogens (primary N) is 2. The summed E-state index contributed by atoms with van der Waals surface area (Å²) in [5.41, 5.74) is 8.94. The minimum absolute atomic E-state index is 0.333. The Kier molecular flexibility index (Phi) is 6.47. The van der Waals surface area contributed by atoms with Crippen LogP contribution in [0.15, 0.2) is 0 Å². The van der Waals surface area contributed by atoms with Crippen LogP contribution in [0.5, 0.6) is 0 Å². The van der Waals surface area contributed by atoms with Gasteiger partial charge in [-0.1, -0.05) is 13.3 Å². The molecule has 1 aliphatic heterocycles. The van der Waals surface area contributed by atoms with Crippen molar-refractivity contribution >= 4 is 5.96 Å². The molecule has 4 nitrogen and oxygen atoms in total. The second-order valence-corrected chi connectivity index (χ2v) is 2.95. The second-order valence-electron chi connectivity index (χ2n) is 2.95. The summed E-state index contributed by atoms with van der Waals surface area (Å²) in [4.78, 5) is 2.52. The first-order chi connectivity index (χ1) is 5.66. The molecule has 1 rings (SSSR count). The number of piperidine rings is 1. The van der Waals surface area contributed by atoms with E-state index in [2.05, 4.69) is 23.3 Å². The van der Waals surface area contributed by atoms with Crippen LogP contribution in [-0.4, -0.2) is 30.5 Å². The van der Waals surface area contributed by atoms with Crippen molar-refractivity contribution in [3.05, 3.63) is 0 Å². The fourth-order valence-corrected chi connectivity index (χ4v) is 1.28. The lowest BCUT2D eigenvalue weighted by Gasteiger charge is -2.24. The lowest BCUT2D eigenvalue weighted by molar-refractivity contribution is 0.240. The highest BCUT2D eigenvalue weighted by Gasteiger charge is 2.05. The third-order valence-electron chi connectivity index (χ3n) is 1.90. The highest BCUT2D eigenvalue weighted by Crippen LogP contribution is 2.06. The van der Waals surface area contributed by atoms with Crippen LogP contribution >= 0.6 is 0 Å². The molecule has 0 atom stereocenters. The normalized spacial score (nSPS) is 17.8. The molecular weight excluding hydrogens is 152 g/mol. The monoisotopic (exact) mass is 172 g/mol. The van der Waals surface area contributed by atoms with Crippen LogP contribution in [0.3, 0.4) is 0 Å². The van der Waals surface area contributed by atoms with E-state index in [-0.39, 0.29) is 5.96 Å². The van der Waals surface area contributed by atoms with Gasteiger partial charge in [-0.2, -0.15) is 0 Å². The molecule has 1 heterocycles. The van der Waals surface area contributed by atoms with Crippen molar-refractivity contribution in [1.82, 2.24) is 4.90 Å². The van der Waals surface area contributed by atoms with E-state index in [1.807, 2.05) is 0 Å². The molecule has 0 bridgehead atoms. The SMILES string of the molecule is CCN1CCCCC1.N=C(N)N. The Bertz CT molecular complexity index is 114. The summed E-state index contributed by atoms with van der Waals surface area (Å²) in [6.07, 6.45) is 4.30. The first kappa shape index (κ1) is 11.2. The van der Waals surface area contributed by atoms with Gasteiger partial charge >= 0.3 is 0 Å². The van der Waals surface area contributed by atoms with E-state index < -0.39 is 0 Å². The van der Waals surface area contributed by atoms with Gasteiger partial charge in [0.1, 0.15) is 0 Å². The van der Waals surface area contributed by atoms with Crippen molar-refractivity contribution < 1.29 is 0 Å². The number of guanidine groups is 1. The van der Waals surface area contributed by atoms with E-state index in [0.717, 1.165) is 0 Å². The molecule has 0 saturated carbocycles. The molecule has 0 aromatic carbocycles. The lowest BCUT2D eigenvalue weighted by Crippen LogP contribution is -2.29. The standard InChI is InChI=1S/C7H15N.CH5N3/c1-2-8-6-4-3-5-7-8;2-1(3)4/h2-7H2,1H3;(H5,2,3,4). The number of rotatable bonds is 1. The Morgan fingerprint density at radius 1 is 1.25 bits per heavy atom. The van der Waals surface area contributed by atoms with Gasteiger partial charge in [-0.25, -0.2) is 0 Å². The summed E-state index contributed by atoms with van der Waals surface area (Å²) < 4.78 is 0. The zero-order valence-electron chi connectivity index (χ0n) is 7.84. The van der Waals surface area contributed by atoms with Gasteiger partial charge in [0.05, 0.1) is 0 Å². The van der Waals surface area contributed by atoms with Gasteiger partial charge < -0.3 is 16.4 Å². The average Bonchev–Trinajstić information content (AvgIpc) is 2.05. The Morgan fingerprint density at radius 3 is 1.92 bits per heavy atom. The zero-order chi connectivity index (χ0) is 9.40. The molecule has 1 fully saturated rings. The smallest absolute Gasteiger partial charge is 0.183 e. The van der Waals surface area contributed by atoms with Gasteiger partial charge in [0.25, 0.3) is 0 Å². The molecule has 0 radical (unpaired) electrons. The maximum Gasteiger partial charge on any atom is 0.183 e. The van der Waals surface area contributed by atoms with Gasteiger partial charge in [0, 0.05) is 0 Å². The predicted octanol–water partition coefficient (Wildman–Crippen LogP) is 0.331. The van der Waals surface area contributed by atoms with Gasteiger partial charge in [-0.3, -0.25) is 5.41 Å². The largest absolute Gasteiger partial charge is 0.370 e. The molecule has 0 aromatic heterocycles. The van der Waals surface area contributed by atoms with E-state index in [1.54, 1.807) is 0 Å². The highest BCUT2D eigenvalue weighted by molar-refractivity contribution is 5.71. The van der Waals surface area contributed by atoms with Crippen LogP contribution in [0.4, 0.5) is 0 Å². The summed E-state index contributed by atoms with van der Waals surface area (Å²) in [6, 6.07) is 0. The van der Waals surface area contributed by atoms with Crippen molar-refractivity contribution in [3.8, 4) is 0 Å². The van der Waals surface area contributed by atoms with Crippen molar-refractivity contribution in [1.29, 1.82) is 5.41 Å². The van der Waals surface area contributed by atoms with Gasteiger partial charge in [0.2, 0.25) is 0 Å². The number of nitrogens with zero attached hydrogens (tertiary/aromatic N) is 1. The van der Waals surface area contributed by atoms with Crippen LogP contribution in [0.2, 0.25) is 0 Å². The summed E-state index contributed by atoms with van der Waals surface area (Å²) in [5.74, 6) is -0.333. The Hall–Kier alpha value is -0.770. The first-order valence-electron chi connectivity index (χ1n) is 4.48. The minimum atomic E-state index is -0.333. The van der Waals surface area contributed by atoms with Crippen LogP contribution in [0.25, 0.3) is 0 Å². The van der Waals surface area contributed by atoms with Gasteiger partial charge in [-0.15, -0.1) is 0 Å². The van der Waals surface area contributed by atoms with E-state index >= 15 is 0 Å². The number of hydrogen-bond donors (Lipinski definition) is 3. The minimum Gasteiger partial charge on any atom is -0.370 e. The Morgan fingerprint density at radius 2 is 1.67 bits per heavy atom. The van der Waals surface area contributed by atoms with Crippen LogP contribution in [-0.2, 0) is 0 Å². The molecule has 1 saturated heterocycles. The maximum absolute atomic E-state index is 6.06. The van der Waals surface area contributed by atoms with Crippen molar-refractivity contribution in [2.24, 2.45) is 11.5 Å². The topological polar surface area (TPSA) is 79.1 Å². The fourth-order valence-electron chi connectivity index (χ4n) is 1.28. The summed E-state index contributed by atoms with van der Waals surface area (Å²) >= 11 is 0. The fraction of sp³-hybridized carbons (Fsp3) is 0.875. The molecule has 0 spiro atoms. The highest BCUT2D eigenvalue weighted by atomic mass is 15.1. The molecule has 0 aliphatic carbocycles. The molecule has 0 unspecified atom stereocenters. The average molecular weight is 172 g/mol. The van der Waals surface area contributed by atoms with E-state index in [1.165, 1.54) is 38.9 Å². The predicted molar refractivity (Wildman–Crippen MR) is 52.1 cm³/mol. The third kappa shape index (κ3) is 7.34. The quantitative estimate of drug-likeness (QED) is 0.394. The Labute approximate surface area is 74.4 Å². The van der Waals surface area contributed by atoms with Crippen molar-refractivity contribution in [2.45, 2.75) is 26.2 Å². The zero-order valence-corrected chi connectivity index (χ0v) is 7.84.